The van der Waals surface area contributed by atoms with E-state index < -0.39 is 0 Å². The molecule has 0 radical (unpaired) electrons. The molecule has 2 aliphatic heterocycles. The van der Waals surface area contributed by atoms with Crippen LogP contribution in [0, 0.1) is 10.8 Å². The summed E-state index contributed by atoms with van der Waals surface area (Å²) in [7, 11) is 1.70. The van der Waals surface area contributed by atoms with E-state index >= 15 is 0 Å². The first kappa shape index (κ1) is 17.1. The molecule has 5 nitrogen and oxygen atoms in total. The highest BCUT2D eigenvalue weighted by molar-refractivity contribution is 6.02. The Bertz CT molecular complexity index is 852. The van der Waals surface area contributed by atoms with E-state index in [1.54, 1.807) is 14.0 Å². The van der Waals surface area contributed by atoms with Gasteiger partial charge in [-0.25, -0.2) is 0 Å². The highest BCUT2D eigenvalue weighted by atomic mass is 16.5. The third kappa shape index (κ3) is 2.11. The number of hydrogen-bond donors (Lipinski definition) is 1. The van der Waals surface area contributed by atoms with E-state index in [1.165, 1.54) is 11.1 Å². The van der Waals surface area contributed by atoms with Gasteiger partial charge in [0.15, 0.2) is 0 Å². The van der Waals surface area contributed by atoms with Gasteiger partial charge >= 0.3 is 0 Å². The molecule has 1 atom stereocenters. The van der Waals surface area contributed by atoms with Gasteiger partial charge in [-0.2, -0.15) is 0 Å². The summed E-state index contributed by atoms with van der Waals surface area (Å²) in [6.45, 7) is 5.60. The minimum Gasteiger partial charge on any atom is -0.495 e. The summed E-state index contributed by atoms with van der Waals surface area (Å²) in [6.07, 6.45) is 5.13. The number of methoxy groups -OCH3 is 1. The second-order valence-corrected chi connectivity index (χ2v) is 9.15. The van der Waals surface area contributed by atoms with Crippen molar-refractivity contribution in [3.63, 3.8) is 0 Å². The number of carbonyl (C=O) groups excluding carboxylic acids is 2. The number of nitrogens with one attached hydrogen (secondary N) is 1. The van der Waals surface area contributed by atoms with Crippen molar-refractivity contribution in [1.29, 1.82) is 0 Å². The number of nitrogens with zero attached hydrogens (tertiary/aromatic N) is 1. The molecule has 5 rings (SSSR count). The molecule has 1 aromatic carbocycles. The van der Waals surface area contributed by atoms with Crippen molar-refractivity contribution >= 4 is 23.1 Å². The molecule has 2 saturated carbocycles. The van der Waals surface area contributed by atoms with Crippen molar-refractivity contribution in [3.8, 4) is 5.75 Å². The van der Waals surface area contributed by atoms with Gasteiger partial charge in [-0.15, -0.1) is 0 Å². The van der Waals surface area contributed by atoms with Crippen LogP contribution in [-0.2, 0) is 16.0 Å². The minimum absolute atomic E-state index is 0.230. The molecule has 2 bridgehead atoms. The summed E-state index contributed by atoms with van der Waals surface area (Å²) in [5, 5.41) is 3.48. The molecule has 144 valence electrons. The normalized spacial score (nSPS) is 33.0. The summed E-state index contributed by atoms with van der Waals surface area (Å²) < 4.78 is 5.65. The number of Topliss-reactive ketones (excluding diaryl/α,β-unsaturated/α-hetero) is 1. The van der Waals surface area contributed by atoms with Crippen LogP contribution in [0.5, 0.6) is 5.75 Å². The molecule has 5 heteroatoms. The fourth-order valence-electron chi connectivity index (χ4n) is 6.27. The van der Waals surface area contributed by atoms with Gasteiger partial charge in [-0.05, 0) is 56.6 Å². The minimum atomic E-state index is -0.330. The largest absolute Gasteiger partial charge is 0.495 e. The van der Waals surface area contributed by atoms with Crippen LogP contribution in [0.15, 0.2) is 6.07 Å². The van der Waals surface area contributed by atoms with Gasteiger partial charge in [0.05, 0.1) is 23.9 Å². The average molecular weight is 368 g/mol. The number of ketones is 1. The van der Waals surface area contributed by atoms with Crippen LogP contribution in [0.1, 0.15) is 63.0 Å². The van der Waals surface area contributed by atoms with Gasteiger partial charge in [-0.3, -0.25) is 9.59 Å². The highest BCUT2D eigenvalue weighted by Crippen LogP contribution is 2.63. The average Bonchev–Trinajstić information content (AvgIpc) is 3.42. The van der Waals surface area contributed by atoms with Crippen LogP contribution in [0.3, 0.4) is 0 Å². The summed E-state index contributed by atoms with van der Waals surface area (Å²) >= 11 is 0. The molecule has 0 saturated heterocycles. The maximum Gasteiger partial charge on any atom is 0.233 e. The lowest BCUT2D eigenvalue weighted by Gasteiger charge is -2.31. The Labute approximate surface area is 160 Å². The predicted octanol–water partition coefficient (Wildman–Crippen LogP) is 3.65. The molecule has 2 aliphatic carbocycles. The first-order chi connectivity index (χ1) is 12.9. The molecule has 1 unspecified atom stereocenters. The molecule has 0 aromatic heterocycles. The molecule has 2 heterocycles. The number of rotatable bonds is 3. The standard InChI is InChI=1S/C22H28N2O3/c1-13-11-23-19-17(27-3)10-16-15(18(13)19)4-9-24(16)20(26)22-7-5-21(12-22,6-8-22)14(2)25/h10,13,23H,4-9,11-12H2,1-3H3. The summed E-state index contributed by atoms with van der Waals surface area (Å²) in [5.41, 5.74) is 4.21. The van der Waals surface area contributed by atoms with E-state index in [4.69, 9.17) is 4.74 Å². The molecule has 27 heavy (non-hydrogen) atoms. The fourth-order valence-corrected chi connectivity index (χ4v) is 6.27. The van der Waals surface area contributed by atoms with Crippen LogP contribution < -0.4 is 15.0 Å². The van der Waals surface area contributed by atoms with Gasteiger partial charge in [-0.1, -0.05) is 6.92 Å². The lowest BCUT2D eigenvalue weighted by molar-refractivity contribution is -0.127. The smallest absolute Gasteiger partial charge is 0.233 e. The predicted molar refractivity (Wildman–Crippen MR) is 105 cm³/mol. The number of fused-ring (bicyclic) bond motifs is 5. The lowest BCUT2D eigenvalue weighted by atomic mass is 9.79. The maximum atomic E-state index is 13.7. The Balaban J connectivity index is 1.53. The Morgan fingerprint density at radius 2 is 1.93 bits per heavy atom. The first-order valence-corrected chi connectivity index (χ1v) is 10.2. The van der Waals surface area contributed by atoms with Gasteiger partial charge in [0, 0.05) is 30.5 Å². The monoisotopic (exact) mass is 368 g/mol. The number of ether oxygens (including phenoxy) is 1. The van der Waals surface area contributed by atoms with Gasteiger partial charge in [0.2, 0.25) is 5.91 Å². The van der Waals surface area contributed by atoms with Crippen molar-refractivity contribution < 1.29 is 14.3 Å². The quantitative estimate of drug-likeness (QED) is 0.885. The number of amides is 1. The summed E-state index contributed by atoms with van der Waals surface area (Å²) in [5.74, 6) is 1.78. The number of carbonyl (C=O) groups is 2. The molecule has 0 spiro atoms. The van der Waals surface area contributed by atoms with Gasteiger partial charge < -0.3 is 15.0 Å². The molecule has 4 aliphatic rings. The van der Waals surface area contributed by atoms with Crippen LogP contribution >= 0.6 is 0 Å². The second kappa shape index (κ2) is 5.49. The molecule has 1 amide bonds. The Morgan fingerprint density at radius 1 is 1.22 bits per heavy atom. The lowest BCUT2D eigenvalue weighted by Crippen LogP contribution is -2.41. The van der Waals surface area contributed by atoms with Crippen molar-refractivity contribution in [2.45, 2.75) is 58.3 Å². The molecular formula is C22H28N2O3. The third-order valence-corrected chi connectivity index (χ3v) is 7.88. The number of hydrogen-bond acceptors (Lipinski definition) is 4. The van der Waals surface area contributed by atoms with Crippen LogP contribution in [0.25, 0.3) is 0 Å². The van der Waals surface area contributed by atoms with Crippen molar-refractivity contribution in [2.75, 3.05) is 30.4 Å². The Hall–Kier alpha value is -2.04. The fraction of sp³-hybridized carbons (Fsp3) is 0.636. The van der Waals surface area contributed by atoms with Crippen molar-refractivity contribution in [2.24, 2.45) is 10.8 Å². The zero-order valence-electron chi connectivity index (χ0n) is 16.5. The highest BCUT2D eigenvalue weighted by Gasteiger charge is 2.61. The number of anilines is 2. The summed E-state index contributed by atoms with van der Waals surface area (Å²) in [4.78, 5) is 27.9. The molecular weight excluding hydrogens is 340 g/mol. The van der Waals surface area contributed by atoms with Crippen LogP contribution in [-0.4, -0.2) is 31.9 Å². The van der Waals surface area contributed by atoms with Crippen LogP contribution in [0.2, 0.25) is 0 Å². The van der Waals surface area contributed by atoms with E-state index in [9.17, 15) is 9.59 Å². The second-order valence-electron chi connectivity index (χ2n) is 9.15. The van der Waals surface area contributed by atoms with Crippen molar-refractivity contribution in [1.82, 2.24) is 0 Å². The SMILES string of the molecule is COc1cc2c(c3c1NCC3C)CCN2C(=O)C12CCC(C(C)=O)(CC1)C2. The van der Waals surface area contributed by atoms with E-state index in [0.717, 1.165) is 68.7 Å². The van der Waals surface area contributed by atoms with Crippen molar-refractivity contribution in [3.05, 3.63) is 17.2 Å². The third-order valence-electron chi connectivity index (χ3n) is 7.88. The molecule has 1 aromatic rings. The van der Waals surface area contributed by atoms with E-state index in [-0.39, 0.29) is 22.5 Å². The molecule has 1 N–H and O–H groups in total. The Kier molecular flexibility index (Phi) is 3.47. The van der Waals surface area contributed by atoms with Gasteiger partial charge in [0.1, 0.15) is 11.5 Å². The van der Waals surface area contributed by atoms with E-state index in [0.29, 0.717) is 5.92 Å². The van der Waals surface area contributed by atoms with Gasteiger partial charge in [0.25, 0.3) is 0 Å². The van der Waals surface area contributed by atoms with Crippen LogP contribution in [0.4, 0.5) is 11.4 Å². The topological polar surface area (TPSA) is 58.6 Å². The molecule has 2 fully saturated rings. The van der Waals surface area contributed by atoms with E-state index in [2.05, 4.69) is 12.2 Å². The summed E-state index contributed by atoms with van der Waals surface area (Å²) in [6, 6.07) is 2.04. The zero-order chi connectivity index (χ0) is 19.0. The zero-order valence-corrected chi connectivity index (χ0v) is 16.5. The number of benzene rings is 1. The first-order valence-electron chi connectivity index (χ1n) is 10.2. The van der Waals surface area contributed by atoms with E-state index in [1.807, 2.05) is 11.0 Å². The maximum absolute atomic E-state index is 13.7. The Morgan fingerprint density at radius 3 is 2.56 bits per heavy atom.